The molecule has 1 saturated carbocycles. The van der Waals surface area contributed by atoms with Gasteiger partial charge in [-0.2, -0.15) is 10.4 Å². The average Bonchev–Trinajstić information content (AvgIpc) is 2.80. The van der Waals surface area contributed by atoms with Gasteiger partial charge in [0.1, 0.15) is 17.3 Å². The largest absolute Gasteiger partial charge is 0.383 e. The van der Waals surface area contributed by atoms with Gasteiger partial charge < -0.3 is 5.11 Å². The van der Waals surface area contributed by atoms with Crippen LogP contribution in [0.15, 0.2) is 24.5 Å². The predicted octanol–water partition coefficient (Wildman–Crippen LogP) is 2.61. The summed E-state index contributed by atoms with van der Waals surface area (Å²) in [5, 5.41) is 24.1. The van der Waals surface area contributed by atoms with Gasteiger partial charge in [-0.15, -0.1) is 0 Å². The molecule has 2 heterocycles. The summed E-state index contributed by atoms with van der Waals surface area (Å²) in [6.07, 6.45) is 5.63. The Kier molecular flexibility index (Phi) is 3.43. The Morgan fingerprint density at radius 3 is 2.85 bits per heavy atom. The molecule has 0 radical (unpaired) electrons. The normalized spacial score (nSPS) is 16.4. The lowest BCUT2D eigenvalue weighted by atomic mass is 9.93. The van der Waals surface area contributed by atoms with Crippen LogP contribution in [0.4, 0.5) is 0 Å². The predicted molar refractivity (Wildman–Crippen MR) is 73.1 cm³/mol. The van der Waals surface area contributed by atoms with Crippen LogP contribution in [0.2, 0.25) is 5.15 Å². The third kappa shape index (κ3) is 2.17. The zero-order chi connectivity index (χ0) is 14.1. The van der Waals surface area contributed by atoms with Crippen molar-refractivity contribution in [2.45, 2.75) is 31.4 Å². The highest BCUT2D eigenvalue weighted by Gasteiger charge is 2.26. The van der Waals surface area contributed by atoms with Gasteiger partial charge in [0.2, 0.25) is 0 Å². The first-order valence-electron chi connectivity index (χ1n) is 6.48. The molecule has 1 aliphatic rings. The Morgan fingerprint density at radius 2 is 2.25 bits per heavy atom. The van der Waals surface area contributed by atoms with E-state index in [0.29, 0.717) is 17.2 Å². The zero-order valence-electron chi connectivity index (χ0n) is 10.7. The van der Waals surface area contributed by atoms with Crippen molar-refractivity contribution in [1.29, 1.82) is 5.26 Å². The van der Waals surface area contributed by atoms with Gasteiger partial charge in [-0.1, -0.05) is 17.7 Å². The summed E-state index contributed by atoms with van der Waals surface area (Å²) >= 11 is 5.99. The number of nitrogens with zero attached hydrogens (tertiary/aromatic N) is 4. The van der Waals surface area contributed by atoms with E-state index in [1.165, 1.54) is 6.42 Å². The minimum Gasteiger partial charge on any atom is -0.383 e. The van der Waals surface area contributed by atoms with E-state index in [1.807, 2.05) is 6.07 Å². The van der Waals surface area contributed by atoms with Crippen LogP contribution in [-0.4, -0.2) is 19.9 Å². The van der Waals surface area contributed by atoms with Gasteiger partial charge in [-0.25, -0.2) is 4.98 Å². The van der Waals surface area contributed by atoms with Crippen molar-refractivity contribution in [1.82, 2.24) is 14.8 Å². The smallest absolute Gasteiger partial charge is 0.168 e. The maximum absolute atomic E-state index is 10.4. The van der Waals surface area contributed by atoms with Crippen LogP contribution in [0, 0.1) is 11.3 Å². The number of rotatable bonds is 3. The monoisotopic (exact) mass is 288 g/mol. The number of pyridine rings is 1. The molecule has 3 rings (SSSR count). The number of hydrogen-bond acceptors (Lipinski definition) is 4. The molecule has 0 bridgehead atoms. The maximum atomic E-state index is 10.4. The summed E-state index contributed by atoms with van der Waals surface area (Å²) in [7, 11) is 0. The molecule has 0 aromatic carbocycles. The lowest BCUT2D eigenvalue weighted by molar-refractivity contribution is 0.219. The molecule has 2 aromatic rings. The topological polar surface area (TPSA) is 74.7 Å². The molecule has 0 aliphatic heterocycles. The van der Waals surface area contributed by atoms with Gasteiger partial charge in [0.05, 0.1) is 6.04 Å². The second kappa shape index (κ2) is 5.23. The van der Waals surface area contributed by atoms with Crippen molar-refractivity contribution >= 4 is 11.6 Å². The number of aromatic nitrogens is 3. The summed E-state index contributed by atoms with van der Waals surface area (Å²) in [5.74, 6) is 0. The Morgan fingerprint density at radius 1 is 1.45 bits per heavy atom. The van der Waals surface area contributed by atoms with Crippen LogP contribution in [0.5, 0.6) is 0 Å². The summed E-state index contributed by atoms with van der Waals surface area (Å²) in [5.41, 5.74) is 1.21. The quantitative estimate of drug-likeness (QED) is 0.881. The SMILES string of the molecule is N#Cc1nn(C2CCC2)cc1C(O)c1cccnc1Cl. The fraction of sp³-hybridized carbons (Fsp3) is 0.357. The van der Waals surface area contributed by atoms with Gasteiger partial charge in [-0.05, 0) is 25.3 Å². The van der Waals surface area contributed by atoms with Gasteiger partial charge in [0, 0.05) is 23.5 Å². The molecule has 1 fully saturated rings. The molecule has 2 aromatic heterocycles. The minimum absolute atomic E-state index is 0.236. The Bertz CT molecular complexity index is 672. The third-order valence-electron chi connectivity index (χ3n) is 3.69. The van der Waals surface area contributed by atoms with E-state index in [2.05, 4.69) is 10.1 Å². The molecule has 0 saturated heterocycles. The van der Waals surface area contributed by atoms with Crippen molar-refractivity contribution in [3.8, 4) is 6.07 Å². The lowest BCUT2D eigenvalue weighted by Crippen LogP contribution is -2.17. The minimum atomic E-state index is -0.986. The molecular weight excluding hydrogens is 276 g/mol. The number of nitriles is 1. The van der Waals surface area contributed by atoms with Crippen molar-refractivity contribution in [3.63, 3.8) is 0 Å². The van der Waals surface area contributed by atoms with Crippen LogP contribution < -0.4 is 0 Å². The zero-order valence-corrected chi connectivity index (χ0v) is 11.5. The van der Waals surface area contributed by atoms with Crippen molar-refractivity contribution in [2.75, 3.05) is 0 Å². The number of halogens is 1. The molecule has 0 amide bonds. The van der Waals surface area contributed by atoms with Gasteiger partial charge in [0.25, 0.3) is 0 Å². The van der Waals surface area contributed by atoms with Gasteiger partial charge in [-0.3, -0.25) is 4.68 Å². The van der Waals surface area contributed by atoms with Crippen LogP contribution in [-0.2, 0) is 0 Å². The highest BCUT2D eigenvalue weighted by molar-refractivity contribution is 6.30. The molecule has 1 N–H and O–H groups in total. The van der Waals surface area contributed by atoms with Crippen LogP contribution in [0.25, 0.3) is 0 Å². The van der Waals surface area contributed by atoms with Gasteiger partial charge in [0.15, 0.2) is 5.69 Å². The third-order valence-corrected chi connectivity index (χ3v) is 4.01. The fourth-order valence-electron chi connectivity index (χ4n) is 2.30. The molecule has 102 valence electrons. The second-order valence-electron chi connectivity index (χ2n) is 4.90. The summed E-state index contributed by atoms with van der Waals surface area (Å²) in [6, 6.07) is 5.77. The highest BCUT2D eigenvalue weighted by Crippen LogP contribution is 2.34. The van der Waals surface area contributed by atoms with Crippen molar-refractivity contribution < 1.29 is 5.11 Å². The molecule has 6 heteroatoms. The molecule has 20 heavy (non-hydrogen) atoms. The summed E-state index contributed by atoms with van der Waals surface area (Å²) in [4.78, 5) is 3.95. The molecule has 1 atom stereocenters. The van der Waals surface area contributed by atoms with E-state index in [1.54, 1.807) is 29.2 Å². The first kappa shape index (κ1) is 13.1. The van der Waals surface area contributed by atoms with E-state index in [-0.39, 0.29) is 10.8 Å². The van der Waals surface area contributed by atoms with Crippen molar-refractivity contribution in [2.24, 2.45) is 0 Å². The number of hydrogen-bond donors (Lipinski definition) is 1. The Labute approximate surface area is 121 Å². The highest BCUT2D eigenvalue weighted by atomic mass is 35.5. The number of aliphatic hydroxyl groups excluding tert-OH is 1. The molecule has 5 nitrogen and oxygen atoms in total. The molecule has 0 spiro atoms. The first-order chi connectivity index (χ1) is 9.70. The van der Waals surface area contributed by atoms with E-state index >= 15 is 0 Å². The maximum Gasteiger partial charge on any atom is 0.168 e. The average molecular weight is 289 g/mol. The molecule has 1 unspecified atom stereocenters. The lowest BCUT2D eigenvalue weighted by Gasteiger charge is -2.25. The van der Waals surface area contributed by atoms with Crippen LogP contribution in [0.3, 0.4) is 0 Å². The van der Waals surface area contributed by atoms with E-state index in [9.17, 15) is 10.4 Å². The van der Waals surface area contributed by atoms with E-state index < -0.39 is 6.10 Å². The van der Waals surface area contributed by atoms with Crippen molar-refractivity contribution in [3.05, 3.63) is 46.5 Å². The Hall–Kier alpha value is -1.90. The fourth-order valence-corrected chi connectivity index (χ4v) is 2.52. The van der Waals surface area contributed by atoms with Crippen LogP contribution in [0.1, 0.15) is 48.2 Å². The standard InChI is InChI=1S/C14H13ClN4O/c15-14-10(5-2-6-17-14)13(20)11-8-19(9-3-1-4-9)18-12(11)7-16/h2,5-6,8-9,13,20H,1,3-4H2. The number of aliphatic hydroxyl groups is 1. The van der Waals surface area contributed by atoms with Crippen LogP contribution >= 0.6 is 11.6 Å². The summed E-state index contributed by atoms with van der Waals surface area (Å²) in [6.45, 7) is 0. The van der Waals surface area contributed by atoms with Gasteiger partial charge >= 0.3 is 0 Å². The van der Waals surface area contributed by atoms with E-state index in [0.717, 1.165) is 12.8 Å². The Balaban J connectivity index is 1.98. The molecular formula is C14H13ClN4O. The van der Waals surface area contributed by atoms with E-state index in [4.69, 9.17) is 11.6 Å². The second-order valence-corrected chi connectivity index (χ2v) is 5.25. The summed E-state index contributed by atoms with van der Waals surface area (Å²) < 4.78 is 1.78. The molecule has 1 aliphatic carbocycles. The first-order valence-corrected chi connectivity index (χ1v) is 6.86.